The first kappa shape index (κ1) is 16.0. The van der Waals surface area contributed by atoms with Crippen LogP contribution in [-0.2, 0) is 23.6 Å². The molecule has 0 saturated heterocycles. The van der Waals surface area contributed by atoms with Crippen molar-refractivity contribution in [2.75, 3.05) is 12.0 Å². The highest BCUT2D eigenvalue weighted by Gasteiger charge is 2.15. The number of nitriles is 1. The Morgan fingerprint density at radius 2 is 2.13 bits per heavy atom. The molecular weight excluding hydrogens is 306 g/mol. The zero-order valence-electron chi connectivity index (χ0n) is 12.6. The Labute approximate surface area is 128 Å². The van der Waals surface area contributed by atoms with Crippen LogP contribution in [0.4, 0.5) is 5.95 Å². The largest absolute Gasteiger partial charge is 0.461 e. The number of nitrogens with one attached hydrogen (secondary N) is 2. The Bertz CT molecular complexity index is 957. The molecule has 120 valence electrons. The molecule has 0 unspecified atom stereocenters. The third-order valence-corrected chi connectivity index (χ3v) is 2.94. The van der Waals surface area contributed by atoms with Crippen LogP contribution in [0.15, 0.2) is 14.7 Å². The van der Waals surface area contributed by atoms with E-state index in [-0.39, 0.29) is 23.7 Å². The third-order valence-electron chi connectivity index (χ3n) is 2.94. The van der Waals surface area contributed by atoms with E-state index in [0.29, 0.717) is 0 Å². The van der Waals surface area contributed by atoms with Crippen LogP contribution in [0, 0.1) is 11.3 Å². The predicted molar refractivity (Wildman–Crippen MR) is 79.9 cm³/mol. The van der Waals surface area contributed by atoms with Crippen molar-refractivity contribution in [1.29, 1.82) is 5.26 Å². The van der Waals surface area contributed by atoms with Crippen LogP contribution in [0.25, 0.3) is 11.2 Å². The van der Waals surface area contributed by atoms with Crippen molar-refractivity contribution in [3.05, 3.63) is 20.8 Å². The van der Waals surface area contributed by atoms with Crippen molar-refractivity contribution in [3.8, 4) is 6.07 Å². The lowest BCUT2D eigenvalue weighted by Crippen LogP contribution is -2.36. The second-order valence-electron chi connectivity index (χ2n) is 4.39. The predicted octanol–water partition coefficient (Wildman–Crippen LogP) is -1.19. The molecular formula is C12H13N7O4. The molecule has 23 heavy (non-hydrogen) atoms. The minimum atomic E-state index is -0.887. The van der Waals surface area contributed by atoms with E-state index in [1.165, 1.54) is 18.7 Å². The van der Waals surface area contributed by atoms with Gasteiger partial charge in [0.05, 0.1) is 6.61 Å². The van der Waals surface area contributed by atoms with E-state index >= 15 is 0 Å². The Kier molecular flexibility index (Phi) is 4.26. The zero-order valence-corrected chi connectivity index (χ0v) is 12.6. The fourth-order valence-electron chi connectivity index (χ4n) is 1.80. The number of carbonyl (C=O) groups excluding carboxylic acids is 1. The molecule has 0 fully saturated rings. The lowest BCUT2D eigenvalue weighted by atomic mass is 10.4. The number of aryl methyl sites for hydroxylation is 1. The van der Waals surface area contributed by atoms with Gasteiger partial charge in [-0.15, -0.1) is 0 Å². The number of anilines is 1. The van der Waals surface area contributed by atoms with Gasteiger partial charge in [-0.1, -0.05) is 0 Å². The lowest BCUT2D eigenvalue weighted by molar-refractivity contribution is -0.134. The van der Waals surface area contributed by atoms with E-state index in [4.69, 9.17) is 5.26 Å². The molecule has 2 aromatic heterocycles. The average molecular weight is 319 g/mol. The van der Waals surface area contributed by atoms with Crippen LogP contribution < -0.4 is 16.7 Å². The molecule has 2 aromatic rings. The maximum Gasteiger partial charge on any atom is 0.369 e. The Morgan fingerprint density at radius 1 is 1.43 bits per heavy atom. The quantitative estimate of drug-likeness (QED) is 0.409. The molecule has 0 bridgehead atoms. The number of carbonyl (C=O) groups is 1. The van der Waals surface area contributed by atoms with Crippen molar-refractivity contribution >= 4 is 28.8 Å². The monoisotopic (exact) mass is 319 g/mol. The zero-order chi connectivity index (χ0) is 17.1. The highest BCUT2D eigenvalue weighted by Crippen LogP contribution is 2.08. The normalized spacial score (nSPS) is 11.3. The number of imidazole rings is 1. The molecule has 0 atom stereocenters. The van der Waals surface area contributed by atoms with Crippen LogP contribution in [0.5, 0.6) is 0 Å². The van der Waals surface area contributed by atoms with Gasteiger partial charge in [-0.05, 0) is 6.92 Å². The summed E-state index contributed by atoms with van der Waals surface area (Å²) in [5.41, 5.74) is 0.957. The second kappa shape index (κ2) is 6.14. The number of fused-ring (bicyclic) bond motifs is 1. The van der Waals surface area contributed by atoms with Gasteiger partial charge >= 0.3 is 11.7 Å². The maximum absolute atomic E-state index is 12.0. The molecule has 0 aliphatic heterocycles. The van der Waals surface area contributed by atoms with Crippen molar-refractivity contribution in [2.24, 2.45) is 19.2 Å². The molecule has 0 aliphatic rings. The van der Waals surface area contributed by atoms with Gasteiger partial charge in [0.25, 0.3) is 5.56 Å². The number of hydrazone groups is 1. The summed E-state index contributed by atoms with van der Waals surface area (Å²) in [6.45, 7) is 1.69. The molecule has 0 amide bonds. The first-order valence-corrected chi connectivity index (χ1v) is 6.47. The third kappa shape index (κ3) is 2.82. The van der Waals surface area contributed by atoms with Gasteiger partial charge in [-0.2, -0.15) is 15.3 Å². The number of aromatic nitrogens is 4. The molecule has 0 aliphatic carbocycles. The number of nitrogens with zero attached hydrogens (tertiary/aromatic N) is 5. The summed E-state index contributed by atoms with van der Waals surface area (Å²) in [5.74, 6) is -0.891. The first-order valence-electron chi connectivity index (χ1n) is 6.47. The summed E-state index contributed by atoms with van der Waals surface area (Å²) in [7, 11) is 2.79. The molecule has 2 N–H and O–H groups in total. The molecule has 11 nitrogen and oxygen atoms in total. The van der Waals surface area contributed by atoms with Crippen LogP contribution in [0.1, 0.15) is 6.92 Å². The second-order valence-corrected chi connectivity index (χ2v) is 4.39. The fourth-order valence-corrected chi connectivity index (χ4v) is 1.80. The van der Waals surface area contributed by atoms with Crippen LogP contribution >= 0.6 is 0 Å². The van der Waals surface area contributed by atoms with E-state index < -0.39 is 22.9 Å². The molecule has 0 saturated carbocycles. The van der Waals surface area contributed by atoms with E-state index in [1.54, 1.807) is 13.0 Å². The smallest absolute Gasteiger partial charge is 0.369 e. The lowest BCUT2D eigenvalue weighted by Gasteiger charge is -2.00. The SMILES string of the molecule is CCOC(=O)/C(C#N)=N/Nc1nc2c([nH]1)c(=O)n(C)c(=O)n2C. The Hall–Kier alpha value is -3.42. The summed E-state index contributed by atoms with van der Waals surface area (Å²) in [6, 6.07) is 1.58. The van der Waals surface area contributed by atoms with Crippen molar-refractivity contribution in [2.45, 2.75) is 6.92 Å². The fraction of sp³-hybridized carbons (Fsp3) is 0.333. The van der Waals surface area contributed by atoms with Gasteiger partial charge in [0.1, 0.15) is 6.07 Å². The number of H-pyrrole nitrogens is 1. The van der Waals surface area contributed by atoms with Crippen LogP contribution in [0.2, 0.25) is 0 Å². The van der Waals surface area contributed by atoms with E-state index in [9.17, 15) is 14.4 Å². The van der Waals surface area contributed by atoms with Crippen molar-refractivity contribution < 1.29 is 9.53 Å². The highest BCUT2D eigenvalue weighted by molar-refractivity contribution is 6.43. The van der Waals surface area contributed by atoms with Crippen LogP contribution in [0.3, 0.4) is 0 Å². The number of hydrogen-bond acceptors (Lipinski definition) is 8. The summed E-state index contributed by atoms with van der Waals surface area (Å²) in [5, 5.41) is 12.4. The number of ether oxygens (including phenoxy) is 1. The maximum atomic E-state index is 12.0. The average Bonchev–Trinajstić information content (AvgIpc) is 2.96. The van der Waals surface area contributed by atoms with Gasteiger partial charge in [0.15, 0.2) is 11.2 Å². The first-order chi connectivity index (χ1) is 10.9. The topological polar surface area (TPSA) is 147 Å². The van der Waals surface area contributed by atoms with Crippen LogP contribution in [-0.4, -0.2) is 37.4 Å². The number of hydrogen-bond donors (Lipinski definition) is 2. The Balaban J connectivity index is 2.43. The van der Waals surface area contributed by atoms with E-state index in [0.717, 1.165) is 4.57 Å². The standard InChI is InChI=1S/C12H13N7O4/c1-4-23-10(21)6(5-13)16-17-11-14-7-8(15-11)18(2)12(22)19(3)9(7)20/h4H2,1-3H3,(H2,14,15,17)/b16-6+. The van der Waals surface area contributed by atoms with E-state index in [2.05, 4.69) is 25.2 Å². The van der Waals surface area contributed by atoms with Crippen molar-refractivity contribution in [3.63, 3.8) is 0 Å². The Morgan fingerprint density at radius 3 is 2.74 bits per heavy atom. The van der Waals surface area contributed by atoms with Gasteiger partial charge in [0, 0.05) is 14.1 Å². The summed E-state index contributed by atoms with van der Waals surface area (Å²) >= 11 is 0. The summed E-state index contributed by atoms with van der Waals surface area (Å²) in [6.07, 6.45) is 0. The van der Waals surface area contributed by atoms with E-state index in [1.807, 2.05) is 0 Å². The molecule has 11 heteroatoms. The molecule has 0 aromatic carbocycles. The van der Waals surface area contributed by atoms with Gasteiger partial charge < -0.3 is 9.72 Å². The van der Waals surface area contributed by atoms with Crippen molar-refractivity contribution in [1.82, 2.24) is 19.1 Å². The summed E-state index contributed by atoms with van der Waals surface area (Å²) in [4.78, 5) is 41.9. The molecule has 0 spiro atoms. The van der Waals surface area contributed by atoms with Gasteiger partial charge in [0.2, 0.25) is 11.7 Å². The molecule has 2 heterocycles. The number of esters is 1. The minimum Gasteiger partial charge on any atom is -0.461 e. The highest BCUT2D eigenvalue weighted by atomic mass is 16.5. The molecule has 2 rings (SSSR count). The number of aromatic amines is 1. The van der Waals surface area contributed by atoms with Gasteiger partial charge in [-0.3, -0.25) is 13.9 Å². The number of rotatable bonds is 4. The minimum absolute atomic E-state index is 0.00431. The molecule has 0 radical (unpaired) electrons. The summed E-state index contributed by atoms with van der Waals surface area (Å²) < 4.78 is 6.75. The van der Waals surface area contributed by atoms with Gasteiger partial charge in [-0.25, -0.2) is 15.0 Å².